The monoisotopic (exact) mass is 252 g/mol. The molecule has 2 heterocycles. The maximum Gasteiger partial charge on any atom is 0.0931 e. The van der Waals surface area contributed by atoms with E-state index in [0.29, 0.717) is 5.92 Å². The summed E-state index contributed by atoms with van der Waals surface area (Å²) in [7, 11) is 1.96. The van der Waals surface area contributed by atoms with E-state index < -0.39 is 0 Å². The third kappa shape index (κ3) is 2.61. The number of rotatable bonds is 4. The summed E-state index contributed by atoms with van der Waals surface area (Å²) in [6, 6.07) is 8.10. The van der Waals surface area contributed by atoms with Gasteiger partial charge in [-0.05, 0) is 30.8 Å². The summed E-state index contributed by atoms with van der Waals surface area (Å²) in [6.07, 6.45) is 3.71. The average Bonchev–Trinajstić information content (AvgIpc) is 2.74. The normalized spacial score (nSPS) is 12.6. The van der Waals surface area contributed by atoms with E-state index >= 15 is 0 Å². The topological polar surface area (TPSA) is 24.9 Å². The highest BCUT2D eigenvalue weighted by Gasteiger charge is 2.15. The molecule has 0 spiro atoms. The minimum absolute atomic E-state index is 0.330. The fourth-order valence-corrected chi connectivity index (χ4v) is 2.87. The summed E-state index contributed by atoms with van der Waals surface area (Å²) in [5, 5.41) is 3.21. The Hall–Kier alpha value is -0.900. The molecule has 16 heavy (non-hydrogen) atoms. The molecule has 0 radical (unpaired) electrons. The van der Waals surface area contributed by atoms with Gasteiger partial charge in [0.1, 0.15) is 0 Å². The van der Waals surface area contributed by atoms with Crippen LogP contribution >= 0.6 is 22.9 Å². The third-order valence-corrected chi connectivity index (χ3v) is 3.78. The number of pyridine rings is 1. The van der Waals surface area contributed by atoms with E-state index in [1.54, 1.807) is 17.5 Å². The van der Waals surface area contributed by atoms with Crippen molar-refractivity contribution in [3.8, 4) is 0 Å². The van der Waals surface area contributed by atoms with E-state index in [2.05, 4.69) is 22.4 Å². The van der Waals surface area contributed by atoms with Crippen LogP contribution in [0.15, 0.2) is 36.7 Å². The highest BCUT2D eigenvalue weighted by molar-refractivity contribution is 7.16. The maximum absolute atomic E-state index is 5.97. The van der Waals surface area contributed by atoms with Gasteiger partial charge in [0.05, 0.1) is 4.34 Å². The van der Waals surface area contributed by atoms with Crippen molar-refractivity contribution in [2.45, 2.75) is 5.92 Å². The molecule has 0 bridgehead atoms. The van der Waals surface area contributed by atoms with Crippen molar-refractivity contribution in [2.75, 3.05) is 13.6 Å². The number of halogens is 1. The predicted octanol–water partition coefficient (Wildman–Crippen LogP) is 3.15. The standard InChI is InChI=1S/C12H13ClN2S/c1-14-8-10(9-3-2-6-15-7-9)11-4-5-12(13)16-11/h2-7,10,14H,8H2,1H3. The molecule has 0 saturated carbocycles. The van der Waals surface area contributed by atoms with Crippen molar-refractivity contribution in [1.82, 2.24) is 10.3 Å². The molecule has 2 aromatic heterocycles. The predicted molar refractivity (Wildman–Crippen MR) is 69.3 cm³/mol. The van der Waals surface area contributed by atoms with E-state index in [9.17, 15) is 0 Å². The average molecular weight is 253 g/mol. The van der Waals surface area contributed by atoms with Crippen molar-refractivity contribution in [3.63, 3.8) is 0 Å². The smallest absolute Gasteiger partial charge is 0.0931 e. The second kappa shape index (κ2) is 5.43. The van der Waals surface area contributed by atoms with E-state index in [-0.39, 0.29) is 0 Å². The van der Waals surface area contributed by atoms with E-state index in [4.69, 9.17) is 11.6 Å². The molecule has 0 amide bonds. The van der Waals surface area contributed by atoms with E-state index in [1.807, 2.05) is 25.4 Å². The van der Waals surface area contributed by atoms with Gasteiger partial charge in [-0.1, -0.05) is 17.7 Å². The Morgan fingerprint density at radius 1 is 1.44 bits per heavy atom. The van der Waals surface area contributed by atoms with Crippen LogP contribution in [0.4, 0.5) is 0 Å². The summed E-state index contributed by atoms with van der Waals surface area (Å²) < 4.78 is 0.833. The number of nitrogens with one attached hydrogen (secondary N) is 1. The zero-order valence-corrected chi connectivity index (χ0v) is 10.6. The Labute approximate surface area is 104 Å². The fraction of sp³-hybridized carbons (Fsp3) is 0.250. The molecule has 0 saturated heterocycles. The summed E-state index contributed by atoms with van der Waals surface area (Å²) >= 11 is 7.60. The molecule has 0 aromatic carbocycles. The summed E-state index contributed by atoms with van der Waals surface area (Å²) in [5.41, 5.74) is 1.22. The van der Waals surface area contributed by atoms with Gasteiger partial charge in [-0.3, -0.25) is 4.98 Å². The van der Waals surface area contributed by atoms with Gasteiger partial charge >= 0.3 is 0 Å². The molecule has 2 rings (SSSR count). The molecule has 1 unspecified atom stereocenters. The van der Waals surface area contributed by atoms with Crippen LogP contribution in [0.1, 0.15) is 16.4 Å². The molecule has 0 aliphatic carbocycles. The van der Waals surface area contributed by atoms with Gasteiger partial charge in [-0.25, -0.2) is 0 Å². The number of nitrogens with zero attached hydrogens (tertiary/aromatic N) is 1. The summed E-state index contributed by atoms with van der Waals surface area (Å²) in [6.45, 7) is 0.891. The minimum Gasteiger partial charge on any atom is -0.319 e. The first-order valence-electron chi connectivity index (χ1n) is 5.11. The first kappa shape index (κ1) is 11.6. The second-order valence-electron chi connectivity index (χ2n) is 3.54. The van der Waals surface area contributed by atoms with Crippen LogP contribution in [0.2, 0.25) is 4.34 Å². The molecule has 0 fully saturated rings. The Morgan fingerprint density at radius 3 is 2.88 bits per heavy atom. The fourth-order valence-electron chi connectivity index (χ4n) is 1.68. The van der Waals surface area contributed by atoms with Gasteiger partial charge in [-0.2, -0.15) is 0 Å². The quantitative estimate of drug-likeness (QED) is 0.904. The van der Waals surface area contributed by atoms with Crippen LogP contribution in [0.25, 0.3) is 0 Å². The lowest BCUT2D eigenvalue weighted by atomic mass is 9.99. The number of thiophene rings is 1. The Morgan fingerprint density at radius 2 is 2.31 bits per heavy atom. The zero-order valence-electron chi connectivity index (χ0n) is 8.98. The van der Waals surface area contributed by atoms with Crippen LogP contribution in [0.3, 0.4) is 0 Å². The molecular formula is C12H13ClN2S. The second-order valence-corrected chi connectivity index (χ2v) is 5.29. The van der Waals surface area contributed by atoms with Gasteiger partial charge in [0, 0.05) is 29.7 Å². The maximum atomic E-state index is 5.97. The number of likely N-dealkylation sites (N-methyl/N-ethyl adjacent to an activating group) is 1. The van der Waals surface area contributed by atoms with Crippen molar-refractivity contribution < 1.29 is 0 Å². The van der Waals surface area contributed by atoms with Crippen LogP contribution in [0, 0.1) is 0 Å². The van der Waals surface area contributed by atoms with E-state index in [0.717, 1.165) is 10.9 Å². The zero-order chi connectivity index (χ0) is 11.4. The van der Waals surface area contributed by atoms with Crippen molar-refractivity contribution in [1.29, 1.82) is 0 Å². The number of hydrogen-bond acceptors (Lipinski definition) is 3. The third-order valence-electron chi connectivity index (χ3n) is 2.43. The van der Waals surface area contributed by atoms with Gasteiger partial charge in [-0.15, -0.1) is 11.3 Å². The molecule has 2 aromatic rings. The molecule has 84 valence electrons. The van der Waals surface area contributed by atoms with Crippen LogP contribution < -0.4 is 5.32 Å². The Kier molecular flexibility index (Phi) is 3.93. The van der Waals surface area contributed by atoms with E-state index in [1.165, 1.54) is 10.4 Å². The Balaban J connectivity index is 2.31. The first-order valence-corrected chi connectivity index (χ1v) is 6.30. The van der Waals surface area contributed by atoms with Crippen LogP contribution in [0.5, 0.6) is 0 Å². The van der Waals surface area contributed by atoms with Crippen molar-refractivity contribution in [3.05, 3.63) is 51.4 Å². The summed E-state index contributed by atoms with van der Waals surface area (Å²) in [4.78, 5) is 5.43. The van der Waals surface area contributed by atoms with Crippen LogP contribution in [-0.2, 0) is 0 Å². The molecule has 0 aliphatic rings. The van der Waals surface area contributed by atoms with Crippen molar-refractivity contribution in [2.24, 2.45) is 0 Å². The van der Waals surface area contributed by atoms with Crippen molar-refractivity contribution >= 4 is 22.9 Å². The van der Waals surface area contributed by atoms with Gasteiger partial charge in [0.2, 0.25) is 0 Å². The lowest BCUT2D eigenvalue weighted by Crippen LogP contribution is -2.17. The molecule has 1 N–H and O–H groups in total. The number of hydrogen-bond donors (Lipinski definition) is 1. The lowest BCUT2D eigenvalue weighted by molar-refractivity contribution is 0.715. The highest BCUT2D eigenvalue weighted by atomic mass is 35.5. The van der Waals surface area contributed by atoms with Crippen LogP contribution in [-0.4, -0.2) is 18.6 Å². The SMILES string of the molecule is CNCC(c1cccnc1)c1ccc(Cl)s1. The minimum atomic E-state index is 0.330. The lowest BCUT2D eigenvalue weighted by Gasteiger charge is -2.14. The highest BCUT2D eigenvalue weighted by Crippen LogP contribution is 2.31. The Bertz CT molecular complexity index is 441. The molecule has 0 aliphatic heterocycles. The molecular weight excluding hydrogens is 240 g/mol. The first-order chi connectivity index (χ1) is 7.81. The molecule has 2 nitrogen and oxygen atoms in total. The number of aromatic nitrogens is 1. The summed E-state index contributed by atoms with van der Waals surface area (Å²) in [5.74, 6) is 0.330. The molecule has 1 atom stereocenters. The largest absolute Gasteiger partial charge is 0.319 e. The van der Waals surface area contributed by atoms with Gasteiger partial charge < -0.3 is 5.32 Å². The molecule has 4 heteroatoms. The van der Waals surface area contributed by atoms with Gasteiger partial charge in [0.15, 0.2) is 0 Å². The van der Waals surface area contributed by atoms with Gasteiger partial charge in [0.25, 0.3) is 0 Å².